The second-order valence-corrected chi connectivity index (χ2v) is 5.67. The fraction of sp³-hybridized carbons (Fsp3) is 0.625. The molecule has 0 aromatic heterocycles. The van der Waals surface area contributed by atoms with Crippen molar-refractivity contribution in [2.75, 3.05) is 19.6 Å². The number of likely N-dealkylation sites (tertiary alicyclic amines) is 1. The highest BCUT2D eigenvalue weighted by Crippen LogP contribution is 2.23. The van der Waals surface area contributed by atoms with Crippen molar-refractivity contribution < 1.29 is 0 Å². The third kappa shape index (κ3) is 3.33. The lowest BCUT2D eigenvalue weighted by atomic mass is 10.0. The van der Waals surface area contributed by atoms with Crippen molar-refractivity contribution in [3.8, 4) is 0 Å². The highest BCUT2D eigenvalue weighted by molar-refractivity contribution is 5.28. The van der Waals surface area contributed by atoms with Gasteiger partial charge in [-0.3, -0.25) is 0 Å². The van der Waals surface area contributed by atoms with Gasteiger partial charge in [0.25, 0.3) is 0 Å². The Hall–Kier alpha value is -0.860. The van der Waals surface area contributed by atoms with Gasteiger partial charge < -0.3 is 10.6 Å². The first-order chi connectivity index (χ1) is 8.70. The van der Waals surface area contributed by atoms with E-state index in [0.717, 1.165) is 12.5 Å². The van der Waals surface area contributed by atoms with Crippen LogP contribution in [0.2, 0.25) is 0 Å². The van der Waals surface area contributed by atoms with Gasteiger partial charge in [-0.1, -0.05) is 37.6 Å². The van der Waals surface area contributed by atoms with Crippen molar-refractivity contribution in [1.29, 1.82) is 0 Å². The summed E-state index contributed by atoms with van der Waals surface area (Å²) >= 11 is 0. The molecule has 0 bridgehead atoms. The zero-order valence-electron chi connectivity index (χ0n) is 11.7. The summed E-state index contributed by atoms with van der Waals surface area (Å²) < 4.78 is 0. The number of nitrogens with zero attached hydrogens (tertiary/aromatic N) is 1. The number of aryl methyl sites for hydroxylation is 1. The van der Waals surface area contributed by atoms with Crippen molar-refractivity contribution in [3.05, 3.63) is 35.4 Å². The predicted octanol–water partition coefficient (Wildman–Crippen LogP) is 3.12. The van der Waals surface area contributed by atoms with E-state index >= 15 is 0 Å². The minimum absolute atomic E-state index is 0.159. The Bertz CT molecular complexity index is 375. The van der Waals surface area contributed by atoms with Crippen LogP contribution >= 0.6 is 0 Å². The molecule has 2 unspecified atom stereocenters. The van der Waals surface area contributed by atoms with E-state index in [1.807, 2.05) is 0 Å². The van der Waals surface area contributed by atoms with Gasteiger partial charge in [0.15, 0.2) is 0 Å². The molecule has 1 fully saturated rings. The van der Waals surface area contributed by atoms with E-state index in [1.54, 1.807) is 0 Å². The van der Waals surface area contributed by atoms with Crippen molar-refractivity contribution in [2.45, 2.75) is 39.2 Å². The minimum atomic E-state index is 0.159. The van der Waals surface area contributed by atoms with E-state index in [2.05, 4.69) is 43.0 Å². The van der Waals surface area contributed by atoms with Crippen LogP contribution in [-0.2, 0) is 0 Å². The van der Waals surface area contributed by atoms with Crippen LogP contribution in [0, 0.1) is 12.8 Å². The Labute approximate surface area is 111 Å². The Morgan fingerprint density at radius 2 is 2.17 bits per heavy atom. The van der Waals surface area contributed by atoms with Gasteiger partial charge in [0.05, 0.1) is 0 Å². The monoisotopic (exact) mass is 246 g/mol. The van der Waals surface area contributed by atoms with Crippen molar-refractivity contribution >= 4 is 0 Å². The Balaban J connectivity index is 1.89. The van der Waals surface area contributed by atoms with Crippen LogP contribution in [0.5, 0.6) is 0 Å². The van der Waals surface area contributed by atoms with E-state index < -0.39 is 0 Å². The Kier molecular flexibility index (Phi) is 4.79. The molecule has 2 atom stereocenters. The maximum atomic E-state index is 6.35. The third-order valence-corrected chi connectivity index (χ3v) is 4.11. The molecule has 18 heavy (non-hydrogen) atoms. The number of nitrogens with two attached hydrogens (primary N) is 1. The molecule has 1 aromatic carbocycles. The van der Waals surface area contributed by atoms with E-state index in [1.165, 1.54) is 43.5 Å². The molecule has 1 aliphatic rings. The molecule has 100 valence electrons. The molecule has 2 N–H and O–H groups in total. The molecule has 0 spiro atoms. The first kappa shape index (κ1) is 13.6. The second-order valence-electron chi connectivity index (χ2n) is 5.67. The van der Waals surface area contributed by atoms with Gasteiger partial charge in [-0.05, 0) is 43.4 Å². The van der Waals surface area contributed by atoms with E-state index in [-0.39, 0.29) is 6.04 Å². The molecule has 2 nitrogen and oxygen atoms in total. The van der Waals surface area contributed by atoms with Crippen molar-refractivity contribution in [2.24, 2.45) is 11.7 Å². The van der Waals surface area contributed by atoms with E-state index in [9.17, 15) is 0 Å². The molecule has 0 aliphatic carbocycles. The number of rotatable bonds is 5. The van der Waals surface area contributed by atoms with Crippen molar-refractivity contribution in [1.82, 2.24) is 4.90 Å². The van der Waals surface area contributed by atoms with Gasteiger partial charge in [-0.2, -0.15) is 0 Å². The lowest BCUT2D eigenvalue weighted by Crippen LogP contribution is -2.31. The van der Waals surface area contributed by atoms with Gasteiger partial charge in [0.1, 0.15) is 0 Å². The van der Waals surface area contributed by atoms with Gasteiger partial charge in [-0.25, -0.2) is 0 Å². The summed E-state index contributed by atoms with van der Waals surface area (Å²) in [6, 6.07) is 8.65. The summed E-state index contributed by atoms with van der Waals surface area (Å²) in [5.74, 6) is 0.902. The van der Waals surface area contributed by atoms with Gasteiger partial charge in [0, 0.05) is 19.1 Å². The summed E-state index contributed by atoms with van der Waals surface area (Å²) in [6.07, 6.45) is 4.03. The maximum Gasteiger partial charge on any atom is 0.0426 e. The first-order valence-corrected chi connectivity index (χ1v) is 7.24. The molecule has 0 radical (unpaired) electrons. The lowest BCUT2D eigenvalue weighted by Gasteiger charge is -2.22. The standard InChI is InChI=1S/C16H26N2/c1-3-6-14-9-10-18(11-14)12-16(17)15-8-5-4-7-13(15)2/h4-5,7-8,14,16H,3,6,9-12,17H2,1-2H3. The minimum Gasteiger partial charge on any atom is -0.323 e. The molecule has 0 saturated carbocycles. The third-order valence-electron chi connectivity index (χ3n) is 4.11. The summed E-state index contributed by atoms with van der Waals surface area (Å²) in [4.78, 5) is 2.54. The van der Waals surface area contributed by atoms with Gasteiger partial charge in [0.2, 0.25) is 0 Å². The summed E-state index contributed by atoms with van der Waals surface area (Å²) in [6.45, 7) is 7.91. The highest BCUT2D eigenvalue weighted by atomic mass is 15.2. The number of hydrogen-bond acceptors (Lipinski definition) is 2. The van der Waals surface area contributed by atoms with Crippen LogP contribution in [0.25, 0.3) is 0 Å². The fourth-order valence-corrected chi connectivity index (χ4v) is 3.10. The molecular weight excluding hydrogens is 220 g/mol. The average Bonchev–Trinajstić information content (AvgIpc) is 2.77. The molecule has 1 aromatic rings. The summed E-state index contributed by atoms with van der Waals surface area (Å²) in [7, 11) is 0. The summed E-state index contributed by atoms with van der Waals surface area (Å²) in [5.41, 5.74) is 8.97. The van der Waals surface area contributed by atoms with E-state index in [4.69, 9.17) is 5.73 Å². The average molecular weight is 246 g/mol. The Morgan fingerprint density at radius 3 is 2.89 bits per heavy atom. The zero-order chi connectivity index (χ0) is 13.0. The molecule has 0 amide bonds. The summed E-state index contributed by atoms with van der Waals surface area (Å²) in [5, 5.41) is 0. The Morgan fingerprint density at radius 1 is 1.39 bits per heavy atom. The second kappa shape index (κ2) is 6.35. The van der Waals surface area contributed by atoms with Crippen LogP contribution in [-0.4, -0.2) is 24.5 Å². The largest absolute Gasteiger partial charge is 0.323 e. The van der Waals surface area contributed by atoms with Crippen LogP contribution in [0.15, 0.2) is 24.3 Å². The van der Waals surface area contributed by atoms with Gasteiger partial charge in [-0.15, -0.1) is 0 Å². The number of benzene rings is 1. The SMILES string of the molecule is CCCC1CCN(CC(N)c2ccccc2C)C1. The zero-order valence-corrected chi connectivity index (χ0v) is 11.7. The van der Waals surface area contributed by atoms with E-state index in [0.29, 0.717) is 0 Å². The normalized spacial score (nSPS) is 22.3. The topological polar surface area (TPSA) is 29.3 Å². The van der Waals surface area contributed by atoms with Gasteiger partial charge >= 0.3 is 0 Å². The van der Waals surface area contributed by atoms with Crippen LogP contribution in [0.4, 0.5) is 0 Å². The molecule has 1 aliphatic heterocycles. The molecular formula is C16H26N2. The quantitative estimate of drug-likeness (QED) is 0.865. The smallest absolute Gasteiger partial charge is 0.0426 e. The van der Waals surface area contributed by atoms with Crippen LogP contribution < -0.4 is 5.73 Å². The fourth-order valence-electron chi connectivity index (χ4n) is 3.10. The molecule has 1 heterocycles. The molecule has 2 heteroatoms. The highest BCUT2D eigenvalue weighted by Gasteiger charge is 2.23. The van der Waals surface area contributed by atoms with Crippen LogP contribution in [0.1, 0.15) is 43.4 Å². The molecule has 2 rings (SSSR count). The molecule has 1 saturated heterocycles. The van der Waals surface area contributed by atoms with Crippen LogP contribution in [0.3, 0.4) is 0 Å². The van der Waals surface area contributed by atoms with Crippen molar-refractivity contribution in [3.63, 3.8) is 0 Å². The maximum absolute atomic E-state index is 6.35. The number of hydrogen-bond donors (Lipinski definition) is 1. The predicted molar refractivity (Wildman–Crippen MR) is 77.6 cm³/mol. The lowest BCUT2D eigenvalue weighted by molar-refractivity contribution is 0.300. The first-order valence-electron chi connectivity index (χ1n) is 7.24.